The molecule has 3 aromatic rings. The Morgan fingerprint density at radius 1 is 0.632 bits per heavy atom. The van der Waals surface area contributed by atoms with Gasteiger partial charge in [-0.1, -0.05) is 56.3 Å². The van der Waals surface area contributed by atoms with Crippen molar-refractivity contribution >= 4 is 52.9 Å². The number of nitrogens with one attached hydrogen (secondary N) is 4. The van der Waals surface area contributed by atoms with E-state index >= 15 is 0 Å². The quantitative estimate of drug-likeness (QED) is 0.165. The smallest absolute Gasteiger partial charge is 0.407 e. The molecule has 0 aliphatic carbocycles. The fourth-order valence-electron chi connectivity index (χ4n) is 7.24. The van der Waals surface area contributed by atoms with Crippen molar-refractivity contribution in [1.29, 1.82) is 0 Å². The molecule has 304 valence electrons. The lowest BCUT2D eigenvalue weighted by atomic mass is 10.1. The number of ether oxygens (including phenoxy) is 2. The third-order valence-electron chi connectivity index (χ3n) is 10.4. The molecule has 2 aliphatic rings. The predicted octanol–water partition coefficient (Wildman–Crippen LogP) is 5.02. The van der Waals surface area contributed by atoms with Crippen LogP contribution in [0.2, 0.25) is 0 Å². The summed E-state index contributed by atoms with van der Waals surface area (Å²) in [5, 5.41) is 11.0. The first-order chi connectivity index (χ1) is 27.5. The molecule has 2 heterocycles. The van der Waals surface area contributed by atoms with Gasteiger partial charge in [0.25, 0.3) is 0 Å². The van der Waals surface area contributed by atoms with Gasteiger partial charge in [-0.2, -0.15) is 0 Å². The highest BCUT2D eigenvalue weighted by molar-refractivity contribution is 5.99. The molecule has 3 aromatic carbocycles. The molecule has 0 unspecified atom stereocenters. The SMILES string of the molecule is CC[C@H](NC(=O)OC)C(=O)N1CCC[C@H]1C(=O)Nc1ccc(CN(Cc2ccc(NC(=O)[C@@H]3CCCN3C(=O)[C@H](CC)NC(=O)OC)cc2)c2ccccc2)cc1. The maximum Gasteiger partial charge on any atom is 0.407 e. The molecule has 4 atom stereocenters. The largest absolute Gasteiger partial charge is 0.453 e. The van der Waals surface area contributed by atoms with E-state index < -0.39 is 36.4 Å². The molecular formula is C42H53N7O8. The monoisotopic (exact) mass is 783 g/mol. The first kappa shape index (κ1) is 42.0. The van der Waals surface area contributed by atoms with Gasteiger partial charge in [-0.05, 0) is 86.1 Å². The molecule has 2 saturated heterocycles. The second-order valence-electron chi connectivity index (χ2n) is 14.1. The van der Waals surface area contributed by atoms with Crippen molar-refractivity contribution in [3.8, 4) is 0 Å². The average molecular weight is 784 g/mol. The summed E-state index contributed by atoms with van der Waals surface area (Å²) in [4.78, 5) is 82.0. The lowest BCUT2D eigenvalue weighted by Crippen LogP contribution is -2.52. The molecule has 2 fully saturated rings. The average Bonchev–Trinajstić information content (AvgIpc) is 3.94. The Bertz CT molecular complexity index is 1740. The number of carbonyl (C=O) groups excluding carboxylic acids is 6. The molecule has 0 aromatic heterocycles. The highest BCUT2D eigenvalue weighted by atomic mass is 16.5. The topological polar surface area (TPSA) is 179 Å². The van der Waals surface area contributed by atoms with Crippen molar-refractivity contribution in [2.75, 3.05) is 42.8 Å². The number of rotatable bonds is 15. The van der Waals surface area contributed by atoms with Crippen LogP contribution in [0.5, 0.6) is 0 Å². The Labute approximate surface area is 333 Å². The number of hydrogen-bond acceptors (Lipinski definition) is 9. The molecule has 2 aliphatic heterocycles. The lowest BCUT2D eigenvalue weighted by molar-refractivity contribution is -0.138. The molecule has 5 rings (SSSR count). The van der Waals surface area contributed by atoms with E-state index in [1.165, 1.54) is 24.0 Å². The predicted molar refractivity (Wildman–Crippen MR) is 215 cm³/mol. The summed E-state index contributed by atoms with van der Waals surface area (Å²) in [6, 6.07) is 22.4. The van der Waals surface area contributed by atoms with Gasteiger partial charge in [0.05, 0.1) is 14.2 Å². The summed E-state index contributed by atoms with van der Waals surface area (Å²) >= 11 is 0. The van der Waals surface area contributed by atoms with E-state index in [-0.39, 0.29) is 23.6 Å². The summed E-state index contributed by atoms with van der Waals surface area (Å²) in [7, 11) is 2.48. The molecular weight excluding hydrogens is 731 g/mol. The van der Waals surface area contributed by atoms with Gasteiger partial charge in [0.15, 0.2) is 0 Å². The molecule has 4 N–H and O–H groups in total. The Morgan fingerprint density at radius 3 is 1.40 bits per heavy atom. The van der Waals surface area contributed by atoms with Crippen LogP contribution in [0.3, 0.4) is 0 Å². The Hall–Kier alpha value is -6.12. The van der Waals surface area contributed by atoms with Crippen molar-refractivity contribution in [2.45, 2.75) is 89.6 Å². The number of amides is 6. The minimum atomic E-state index is -0.776. The molecule has 57 heavy (non-hydrogen) atoms. The van der Waals surface area contributed by atoms with Gasteiger partial charge < -0.3 is 45.4 Å². The Balaban J connectivity index is 1.19. The summed E-state index contributed by atoms with van der Waals surface area (Å²) in [5.41, 5.74) is 4.27. The minimum Gasteiger partial charge on any atom is -0.453 e. The Morgan fingerprint density at radius 2 is 1.04 bits per heavy atom. The van der Waals surface area contributed by atoms with Gasteiger partial charge in [0, 0.05) is 43.2 Å². The van der Waals surface area contributed by atoms with Crippen LogP contribution >= 0.6 is 0 Å². The number of hydrogen-bond donors (Lipinski definition) is 4. The minimum absolute atomic E-state index is 0.279. The fourth-order valence-corrected chi connectivity index (χ4v) is 7.24. The van der Waals surface area contributed by atoms with Crippen molar-refractivity contribution in [3.05, 3.63) is 90.0 Å². The summed E-state index contributed by atoms with van der Waals surface area (Å²) in [5.74, 6) is -1.17. The van der Waals surface area contributed by atoms with Crippen LogP contribution in [0.4, 0.5) is 26.7 Å². The number of methoxy groups -OCH3 is 2. The highest BCUT2D eigenvalue weighted by Crippen LogP contribution is 2.25. The van der Waals surface area contributed by atoms with E-state index in [9.17, 15) is 28.8 Å². The maximum atomic E-state index is 13.4. The van der Waals surface area contributed by atoms with Crippen LogP contribution in [0.1, 0.15) is 63.5 Å². The zero-order valence-corrected chi connectivity index (χ0v) is 33.0. The van der Waals surface area contributed by atoms with Gasteiger partial charge in [-0.25, -0.2) is 9.59 Å². The van der Waals surface area contributed by atoms with Crippen LogP contribution in [0.25, 0.3) is 0 Å². The van der Waals surface area contributed by atoms with E-state index in [0.29, 0.717) is 76.1 Å². The maximum absolute atomic E-state index is 13.4. The van der Waals surface area contributed by atoms with Crippen molar-refractivity contribution in [1.82, 2.24) is 20.4 Å². The number of para-hydroxylation sites is 1. The van der Waals surface area contributed by atoms with Crippen LogP contribution in [-0.4, -0.2) is 97.1 Å². The number of carbonyl (C=O) groups is 6. The van der Waals surface area contributed by atoms with Crippen molar-refractivity contribution in [3.63, 3.8) is 0 Å². The zero-order valence-electron chi connectivity index (χ0n) is 33.0. The molecule has 15 nitrogen and oxygen atoms in total. The lowest BCUT2D eigenvalue weighted by Gasteiger charge is -2.28. The van der Waals surface area contributed by atoms with E-state index in [0.717, 1.165) is 16.8 Å². The third-order valence-corrected chi connectivity index (χ3v) is 10.4. The van der Waals surface area contributed by atoms with Gasteiger partial charge >= 0.3 is 12.2 Å². The molecule has 0 bridgehead atoms. The normalized spacial score (nSPS) is 17.2. The van der Waals surface area contributed by atoms with Crippen LogP contribution in [-0.2, 0) is 41.7 Å². The van der Waals surface area contributed by atoms with Crippen LogP contribution in [0, 0.1) is 0 Å². The molecule has 6 amide bonds. The highest BCUT2D eigenvalue weighted by Gasteiger charge is 2.38. The molecule has 15 heteroatoms. The summed E-state index contributed by atoms with van der Waals surface area (Å²) in [6.07, 6.45) is 1.78. The number of benzene rings is 3. The Kier molecular flexibility index (Phi) is 14.9. The van der Waals surface area contributed by atoms with E-state index in [2.05, 4.69) is 35.6 Å². The molecule has 0 radical (unpaired) electrons. The van der Waals surface area contributed by atoms with Crippen molar-refractivity contribution < 1.29 is 38.2 Å². The van der Waals surface area contributed by atoms with E-state index in [1.54, 1.807) is 13.8 Å². The number of likely N-dealkylation sites (tertiary alicyclic amines) is 2. The first-order valence-electron chi connectivity index (χ1n) is 19.4. The van der Waals surface area contributed by atoms with Crippen LogP contribution < -0.4 is 26.2 Å². The standard InChI is InChI=1S/C42H53N7O8/c1-5-33(45-41(54)56-3)39(52)48-24-10-14-35(48)37(50)43-30-20-16-28(17-21-30)26-47(32-12-8-7-9-13-32)27-29-18-22-31(23-19-29)44-38(51)36-15-11-25-49(36)40(53)34(6-2)46-42(55)57-4/h7-9,12-13,16-23,33-36H,5-6,10-11,14-15,24-27H2,1-4H3,(H,43,50)(H,44,51)(H,45,54)(H,46,55)/t33-,34-,35-,36-/m0/s1. The third kappa shape index (κ3) is 11.0. The summed E-state index contributed by atoms with van der Waals surface area (Å²) < 4.78 is 9.32. The first-order valence-corrected chi connectivity index (χ1v) is 19.4. The number of anilines is 3. The summed E-state index contributed by atoms with van der Waals surface area (Å²) in [6.45, 7) is 5.59. The number of alkyl carbamates (subject to hydrolysis) is 2. The second-order valence-corrected chi connectivity index (χ2v) is 14.1. The van der Waals surface area contributed by atoms with Crippen LogP contribution in [0.15, 0.2) is 78.9 Å². The molecule has 0 spiro atoms. The molecule has 0 saturated carbocycles. The van der Waals surface area contributed by atoms with Gasteiger partial charge in [0.1, 0.15) is 24.2 Å². The van der Waals surface area contributed by atoms with Gasteiger partial charge in [0.2, 0.25) is 23.6 Å². The van der Waals surface area contributed by atoms with Gasteiger partial charge in [-0.3, -0.25) is 19.2 Å². The van der Waals surface area contributed by atoms with E-state index in [4.69, 9.17) is 0 Å². The number of nitrogens with zero attached hydrogens (tertiary/aromatic N) is 3. The fraction of sp³-hybridized carbons (Fsp3) is 0.429. The van der Waals surface area contributed by atoms with Gasteiger partial charge in [-0.15, -0.1) is 0 Å². The second kappa shape index (κ2) is 20.2. The van der Waals surface area contributed by atoms with E-state index in [1.807, 2.05) is 78.9 Å². The van der Waals surface area contributed by atoms with Crippen molar-refractivity contribution in [2.24, 2.45) is 0 Å². The zero-order chi connectivity index (χ0) is 40.9.